The third-order valence-electron chi connectivity index (χ3n) is 2.82. The Balaban J connectivity index is 2.22. The molecule has 0 aliphatic carbocycles. The number of hydrogen-bond donors (Lipinski definition) is 0. The Morgan fingerprint density at radius 2 is 1.67 bits per heavy atom. The van der Waals surface area contributed by atoms with Gasteiger partial charge in [-0.25, -0.2) is 0 Å². The van der Waals surface area contributed by atoms with E-state index in [1.54, 1.807) is 0 Å². The third-order valence-corrected chi connectivity index (χ3v) is 2.82. The van der Waals surface area contributed by atoms with Crippen LogP contribution in [0.4, 0.5) is 0 Å². The number of carbonyl (C=O) groups excluding carboxylic acids is 1. The minimum absolute atomic E-state index is 0.118. The van der Waals surface area contributed by atoms with Crippen molar-refractivity contribution in [1.29, 1.82) is 0 Å². The van der Waals surface area contributed by atoms with Crippen molar-refractivity contribution in [2.24, 2.45) is 0 Å². The topological polar surface area (TPSA) is 17.1 Å². The molecule has 0 bridgehead atoms. The summed E-state index contributed by atoms with van der Waals surface area (Å²) in [5, 5.41) is 0. The molecule has 1 nitrogen and oxygen atoms in total. The first-order valence-electron chi connectivity index (χ1n) is 5.90. The van der Waals surface area contributed by atoms with Crippen LogP contribution in [0.5, 0.6) is 0 Å². The fourth-order valence-electron chi connectivity index (χ4n) is 1.93. The highest BCUT2D eigenvalue weighted by atomic mass is 16.1. The van der Waals surface area contributed by atoms with Crippen LogP contribution in [0.25, 0.3) is 0 Å². The molecule has 1 heteroatoms. The van der Waals surface area contributed by atoms with E-state index in [2.05, 4.69) is 5.92 Å². The lowest BCUT2D eigenvalue weighted by molar-refractivity contribution is 0.0992. The first kappa shape index (κ1) is 12.1. The van der Waals surface area contributed by atoms with Gasteiger partial charge in [0.15, 0.2) is 5.78 Å². The SMILES string of the molecule is C#CCc1ccccc1C(=O)Cc1ccccc1. The second kappa shape index (κ2) is 5.84. The minimum Gasteiger partial charge on any atom is -0.294 e. The summed E-state index contributed by atoms with van der Waals surface area (Å²) in [6, 6.07) is 17.3. The van der Waals surface area contributed by atoms with Gasteiger partial charge in [0.05, 0.1) is 0 Å². The quantitative estimate of drug-likeness (QED) is 0.586. The van der Waals surface area contributed by atoms with Gasteiger partial charge in [0, 0.05) is 18.4 Å². The summed E-state index contributed by atoms with van der Waals surface area (Å²) in [4.78, 5) is 12.2. The highest BCUT2D eigenvalue weighted by Crippen LogP contribution is 2.13. The molecule has 88 valence electrons. The number of rotatable bonds is 4. The molecule has 0 unspecified atom stereocenters. The molecule has 0 heterocycles. The van der Waals surface area contributed by atoms with Crippen LogP contribution in [-0.2, 0) is 12.8 Å². The Labute approximate surface area is 107 Å². The van der Waals surface area contributed by atoms with Gasteiger partial charge in [-0.2, -0.15) is 0 Å². The summed E-state index contributed by atoms with van der Waals surface area (Å²) < 4.78 is 0. The van der Waals surface area contributed by atoms with E-state index in [1.165, 1.54) is 0 Å². The van der Waals surface area contributed by atoms with Crippen molar-refractivity contribution in [2.75, 3.05) is 0 Å². The van der Waals surface area contributed by atoms with E-state index in [-0.39, 0.29) is 5.78 Å². The molecule has 0 N–H and O–H groups in total. The fourth-order valence-corrected chi connectivity index (χ4v) is 1.93. The van der Waals surface area contributed by atoms with Gasteiger partial charge in [-0.05, 0) is 11.1 Å². The molecule has 0 spiro atoms. The summed E-state index contributed by atoms with van der Waals surface area (Å²) in [5.74, 6) is 2.71. The van der Waals surface area contributed by atoms with E-state index < -0.39 is 0 Å². The number of terminal acetylenes is 1. The van der Waals surface area contributed by atoms with Gasteiger partial charge in [0.2, 0.25) is 0 Å². The van der Waals surface area contributed by atoms with E-state index in [0.29, 0.717) is 12.8 Å². The maximum Gasteiger partial charge on any atom is 0.167 e. The first-order valence-corrected chi connectivity index (χ1v) is 5.90. The average molecular weight is 234 g/mol. The number of benzene rings is 2. The predicted molar refractivity (Wildman–Crippen MR) is 73.5 cm³/mol. The average Bonchev–Trinajstić information content (AvgIpc) is 2.41. The highest BCUT2D eigenvalue weighted by molar-refractivity contribution is 5.98. The number of hydrogen-bond acceptors (Lipinski definition) is 1. The van der Waals surface area contributed by atoms with Crippen molar-refractivity contribution < 1.29 is 4.79 Å². The zero-order chi connectivity index (χ0) is 12.8. The van der Waals surface area contributed by atoms with Crippen molar-refractivity contribution in [1.82, 2.24) is 0 Å². The predicted octanol–water partition coefficient (Wildman–Crippen LogP) is 3.29. The molecule has 0 aliphatic rings. The summed E-state index contributed by atoms with van der Waals surface area (Å²) in [6.45, 7) is 0. The largest absolute Gasteiger partial charge is 0.294 e. The highest BCUT2D eigenvalue weighted by Gasteiger charge is 2.10. The molecule has 2 aromatic rings. The van der Waals surface area contributed by atoms with Crippen LogP contribution in [0.3, 0.4) is 0 Å². The summed E-state index contributed by atoms with van der Waals surface area (Å²) >= 11 is 0. The zero-order valence-corrected chi connectivity index (χ0v) is 10.1. The number of Topliss-reactive ketones (excluding diaryl/α,β-unsaturated/α-hetero) is 1. The molecule has 0 aliphatic heterocycles. The Morgan fingerprint density at radius 3 is 2.39 bits per heavy atom. The smallest absolute Gasteiger partial charge is 0.167 e. The molecule has 2 rings (SSSR count). The molecule has 0 radical (unpaired) electrons. The Hall–Kier alpha value is -2.33. The molecule has 0 fully saturated rings. The Kier molecular flexibility index (Phi) is 3.94. The third kappa shape index (κ3) is 2.87. The number of ketones is 1. The van der Waals surface area contributed by atoms with Crippen molar-refractivity contribution >= 4 is 5.78 Å². The van der Waals surface area contributed by atoms with E-state index in [0.717, 1.165) is 16.7 Å². The number of carbonyl (C=O) groups is 1. The van der Waals surface area contributed by atoms with Crippen LogP contribution in [0, 0.1) is 12.3 Å². The van der Waals surface area contributed by atoms with Crippen LogP contribution in [0.2, 0.25) is 0 Å². The zero-order valence-electron chi connectivity index (χ0n) is 10.1. The standard InChI is InChI=1S/C17H14O/c1-2-8-15-11-6-7-12-16(15)17(18)13-14-9-4-3-5-10-14/h1,3-7,9-12H,8,13H2. The second-order valence-corrected chi connectivity index (χ2v) is 4.12. The molecule has 0 amide bonds. The van der Waals surface area contributed by atoms with E-state index in [9.17, 15) is 4.79 Å². The van der Waals surface area contributed by atoms with Gasteiger partial charge in [-0.3, -0.25) is 4.79 Å². The van der Waals surface area contributed by atoms with Gasteiger partial charge >= 0.3 is 0 Å². The fraction of sp³-hybridized carbons (Fsp3) is 0.118. The molecule has 2 aromatic carbocycles. The van der Waals surface area contributed by atoms with Crippen LogP contribution in [-0.4, -0.2) is 5.78 Å². The maximum atomic E-state index is 12.2. The van der Waals surface area contributed by atoms with Crippen molar-refractivity contribution in [2.45, 2.75) is 12.8 Å². The van der Waals surface area contributed by atoms with Crippen LogP contribution < -0.4 is 0 Å². The van der Waals surface area contributed by atoms with E-state index in [4.69, 9.17) is 6.42 Å². The molecule has 0 saturated heterocycles. The van der Waals surface area contributed by atoms with Crippen molar-refractivity contribution in [3.05, 3.63) is 71.3 Å². The molecular formula is C17H14O. The van der Waals surface area contributed by atoms with Gasteiger partial charge in [0.25, 0.3) is 0 Å². The summed E-state index contributed by atoms with van der Waals surface area (Å²) in [6.07, 6.45) is 6.24. The lowest BCUT2D eigenvalue weighted by atomic mass is 9.97. The second-order valence-electron chi connectivity index (χ2n) is 4.12. The summed E-state index contributed by atoms with van der Waals surface area (Å²) in [7, 11) is 0. The minimum atomic E-state index is 0.118. The Morgan fingerprint density at radius 1 is 1.00 bits per heavy atom. The summed E-state index contributed by atoms with van der Waals surface area (Å²) in [5.41, 5.74) is 2.69. The lowest BCUT2D eigenvalue weighted by Crippen LogP contribution is -2.06. The van der Waals surface area contributed by atoms with Gasteiger partial charge in [0.1, 0.15) is 0 Å². The van der Waals surface area contributed by atoms with Gasteiger partial charge in [-0.15, -0.1) is 12.3 Å². The van der Waals surface area contributed by atoms with E-state index >= 15 is 0 Å². The van der Waals surface area contributed by atoms with Crippen molar-refractivity contribution in [3.63, 3.8) is 0 Å². The van der Waals surface area contributed by atoms with Crippen LogP contribution in [0.1, 0.15) is 21.5 Å². The lowest BCUT2D eigenvalue weighted by Gasteiger charge is -2.06. The van der Waals surface area contributed by atoms with Crippen molar-refractivity contribution in [3.8, 4) is 12.3 Å². The maximum absolute atomic E-state index is 12.2. The molecular weight excluding hydrogens is 220 g/mol. The van der Waals surface area contributed by atoms with Crippen LogP contribution in [0.15, 0.2) is 54.6 Å². The van der Waals surface area contributed by atoms with Crippen LogP contribution >= 0.6 is 0 Å². The van der Waals surface area contributed by atoms with Gasteiger partial charge < -0.3 is 0 Å². The molecule has 18 heavy (non-hydrogen) atoms. The normalized spacial score (nSPS) is 9.72. The molecule has 0 aromatic heterocycles. The molecule has 0 atom stereocenters. The monoisotopic (exact) mass is 234 g/mol. The van der Waals surface area contributed by atoms with Gasteiger partial charge in [-0.1, -0.05) is 54.6 Å². The Bertz CT molecular complexity index is 576. The molecule has 0 saturated carbocycles. The van der Waals surface area contributed by atoms with E-state index in [1.807, 2.05) is 54.6 Å². The first-order chi connectivity index (χ1) is 8.81.